The SMILES string of the molecule is CN(C)Cc1cccc(OCC(O)CNC2=NS(=O)N=C2N)c1. The van der Waals surface area contributed by atoms with Crippen LogP contribution in [-0.2, 0) is 17.7 Å². The molecule has 0 aliphatic carbocycles. The van der Waals surface area contributed by atoms with Crippen LogP contribution in [0, 0.1) is 0 Å². The van der Waals surface area contributed by atoms with Crippen LogP contribution < -0.4 is 15.8 Å². The van der Waals surface area contributed by atoms with E-state index in [4.69, 9.17) is 10.5 Å². The molecule has 2 unspecified atom stereocenters. The van der Waals surface area contributed by atoms with E-state index < -0.39 is 17.3 Å². The molecule has 1 aliphatic rings. The summed E-state index contributed by atoms with van der Waals surface area (Å²) in [6, 6.07) is 7.72. The average molecular weight is 339 g/mol. The van der Waals surface area contributed by atoms with Gasteiger partial charge in [0.05, 0.1) is 0 Å². The second-order valence-corrected chi connectivity index (χ2v) is 6.20. The molecular formula is C14H21N5O3S. The molecule has 1 aromatic carbocycles. The zero-order valence-electron chi connectivity index (χ0n) is 13.1. The highest BCUT2D eigenvalue weighted by Gasteiger charge is 2.16. The van der Waals surface area contributed by atoms with Gasteiger partial charge in [0.1, 0.15) is 18.5 Å². The van der Waals surface area contributed by atoms with Crippen molar-refractivity contribution in [3.63, 3.8) is 0 Å². The van der Waals surface area contributed by atoms with Crippen molar-refractivity contribution < 1.29 is 14.1 Å². The molecule has 126 valence electrons. The van der Waals surface area contributed by atoms with Gasteiger partial charge in [-0.25, -0.2) is 4.21 Å². The van der Waals surface area contributed by atoms with E-state index in [0.717, 1.165) is 12.1 Å². The summed E-state index contributed by atoms with van der Waals surface area (Å²) < 4.78 is 23.9. The number of hydrogen-bond donors (Lipinski definition) is 3. The first-order valence-corrected chi connectivity index (χ1v) is 8.14. The minimum Gasteiger partial charge on any atom is -0.491 e. The second kappa shape index (κ2) is 8.04. The van der Waals surface area contributed by atoms with Crippen molar-refractivity contribution in [2.75, 3.05) is 27.2 Å². The summed E-state index contributed by atoms with van der Waals surface area (Å²) in [5, 5.41) is 12.7. The Labute approximate surface area is 137 Å². The molecule has 0 radical (unpaired) electrons. The Balaban J connectivity index is 1.78. The maximum absolute atomic E-state index is 11.1. The lowest BCUT2D eigenvalue weighted by Crippen LogP contribution is -2.40. The number of nitrogens with zero attached hydrogens (tertiary/aromatic N) is 3. The van der Waals surface area contributed by atoms with Gasteiger partial charge in [0, 0.05) is 13.1 Å². The summed E-state index contributed by atoms with van der Waals surface area (Å²) >= 11 is -1.67. The van der Waals surface area contributed by atoms with Crippen LogP contribution in [0.25, 0.3) is 0 Å². The highest BCUT2D eigenvalue weighted by Crippen LogP contribution is 2.14. The van der Waals surface area contributed by atoms with Crippen LogP contribution in [0.1, 0.15) is 5.56 Å². The predicted molar refractivity (Wildman–Crippen MR) is 90.5 cm³/mol. The molecule has 0 bridgehead atoms. The van der Waals surface area contributed by atoms with Crippen LogP contribution in [0.2, 0.25) is 0 Å². The van der Waals surface area contributed by atoms with Gasteiger partial charge in [-0.3, -0.25) is 0 Å². The van der Waals surface area contributed by atoms with E-state index in [1.54, 1.807) is 0 Å². The van der Waals surface area contributed by atoms with Crippen molar-refractivity contribution in [1.29, 1.82) is 0 Å². The molecule has 8 nitrogen and oxygen atoms in total. The number of aliphatic hydroxyl groups is 1. The van der Waals surface area contributed by atoms with E-state index >= 15 is 0 Å². The van der Waals surface area contributed by atoms with Gasteiger partial charge in [-0.1, -0.05) is 12.1 Å². The summed E-state index contributed by atoms with van der Waals surface area (Å²) in [4.78, 5) is 2.07. The summed E-state index contributed by atoms with van der Waals surface area (Å²) in [5.41, 5.74) is 6.66. The summed E-state index contributed by atoms with van der Waals surface area (Å²) in [7, 11) is 3.99. The van der Waals surface area contributed by atoms with Gasteiger partial charge in [0.2, 0.25) is 0 Å². The van der Waals surface area contributed by atoms with Gasteiger partial charge < -0.3 is 25.8 Å². The molecule has 1 aliphatic heterocycles. The number of benzene rings is 1. The molecule has 0 aromatic heterocycles. The van der Waals surface area contributed by atoms with E-state index in [9.17, 15) is 9.32 Å². The molecule has 4 N–H and O–H groups in total. The molecule has 2 atom stereocenters. The van der Waals surface area contributed by atoms with Crippen molar-refractivity contribution in [3.05, 3.63) is 29.8 Å². The Bertz CT molecular complexity index is 633. The Hall–Kier alpha value is -1.97. The number of amidine groups is 2. The lowest BCUT2D eigenvalue weighted by molar-refractivity contribution is 0.110. The van der Waals surface area contributed by atoms with Gasteiger partial charge in [-0.2, -0.15) is 0 Å². The van der Waals surface area contributed by atoms with Crippen molar-refractivity contribution in [3.8, 4) is 5.75 Å². The van der Waals surface area contributed by atoms with E-state index in [1.165, 1.54) is 0 Å². The standard InChI is InChI=1S/C14H21N5O3S/c1-19(2)8-10-4-3-5-12(6-10)22-9-11(20)7-16-14-13(15)17-23(21)18-14/h3-6,11,20H,7-9H2,1-2H3,(H2,15,17)(H,16,18). The molecular weight excluding hydrogens is 318 g/mol. The smallest absolute Gasteiger partial charge is 0.269 e. The first-order chi connectivity index (χ1) is 10.9. The zero-order chi connectivity index (χ0) is 16.8. The van der Waals surface area contributed by atoms with E-state index in [0.29, 0.717) is 5.75 Å². The first kappa shape index (κ1) is 17.4. The molecule has 0 spiro atoms. The Morgan fingerprint density at radius 2 is 2.22 bits per heavy atom. The maximum atomic E-state index is 11.1. The van der Waals surface area contributed by atoms with Crippen LogP contribution in [0.3, 0.4) is 0 Å². The molecule has 0 saturated heterocycles. The lowest BCUT2D eigenvalue weighted by Gasteiger charge is -2.15. The minimum absolute atomic E-state index is 0.0767. The largest absolute Gasteiger partial charge is 0.491 e. The van der Waals surface area contributed by atoms with E-state index in [2.05, 4.69) is 19.0 Å². The number of nitrogens with one attached hydrogen (secondary N) is 1. The van der Waals surface area contributed by atoms with Crippen molar-refractivity contribution in [2.45, 2.75) is 12.6 Å². The molecule has 1 aromatic rings. The highest BCUT2D eigenvalue weighted by atomic mass is 32.2. The molecule has 0 saturated carbocycles. The van der Waals surface area contributed by atoms with Gasteiger partial charge in [0.15, 0.2) is 11.7 Å². The predicted octanol–water partition coefficient (Wildman–Crippen LogP) is -0.574. The Kier molecular flexibility index (Phi) is 6.08. The zero-order valence-corrected chi connectivity index (χ0v) is 13.9. The molecule has 1 heterocycles. The molecule has 2 rings (SSSR count). The summed E-state index contributed by atoms with van der Waals surface area (Å²) in [6.07, 6.45) is -0.767. The van der Waals surface area contributed by atoms with Crippen molar-refractivity contribution >= 4 is 22.8 Å². The third kappa shape index (κ3) is 5.62. The second-order valence-electron chi connectivity index (χ2n) is 5.38. The Morgan fingerprint density at radius 3 is 2.87 bits per heavy atom. The van der Waals surface area contributed by atoms with Crippen molar-refractivity contribution in [2.24, 2.45) is 14.5 Å². The van der Waals surface area contributed by atoms with Gasteiger partial charge in [0.25, 0.3) is 11.2 Å². The lowest BCUT2D eigenvalue weighted by atomic mass is 10.2. The number of aliphatic hydroxyl groups excluding tert-OH is 1. The normalized spacial score (nSPS) is 18.5. The van der Waals surface area contributed by atoms with Gasteiger partial charge in [-0.15, -0.1) is 8.80 Å². The molecule has 0 fully saturated rings. The maximum Gasteiger partial charge on any atom is 0.269 e. The van der Waals surface area contributed by atoms with Gasteiger partial charge in [-0.05, 0) is 31.8 Å². The molecule has 23 heavy (non-hydrogen) atoms. The van der Waals surface area contributed by atoms with Gasteiger partial charge >= 0.3 is 0 Å². The van der Waals surface area contributed by atoms with Crippen LogP contribution in [0.4, 0.5) is 0 Å². The highest BCUT2D eigenvalue weighted by molar-refractivity contribution is 7.83. The van der Waals surface area contributed by atoms with Crippen LogP contribution >= 0.6 is 0 Å². The first-order valence-electron chi connectivity index (χ1n) is 7.07. The number of hydrogen-bond acceptors (Lipinski definition) is 6. The number of ether oxygens (including phenoxy) is 1. The van der Waals surface area contributed by atoms with E-state index in [1.807, 2.05) is 38.4 Å². The molecule has 9 heteroatoms. The number of nitrogens with two attached hydrogens (primary N) is 1. The quantitative estimate of drug-likeness (QED) is 0.613. The summed E-state index contributed by atoms with van der Waals surface area (Å²) in [5.74, 6) is 1.01. The Morgan fingerprint density at radius 1 is 1.43 bits per heavy atom. The average Bonchev–Trinajstić information content (AvgIpc) is 2.80. The third-order valence-corrected chi connectivity index (χ3v) is 3.62. The fourth-order valence-electron chi connectivity index (χ4n) is 1.96. The monoisotopic (exact) mass is 339 g/mol. The topological polar surface area (TPSA) is 113 Å². The van der Waals surface area contributed by atoms with Crippen LogP contribution in [-0.4, -0.2) is 59.2 Å². The van der Waals surface area contributed by atoms with E-state index in [-0.39, 0.29) is 24.8 Å². The minimum atomic E-state index is -1.67. The van der Waals surface area contributed by atoms with Crippen LogP contribution in [0.5, 0.6) is 5.75 Å². The fourth-order valence-corrected chi connectivity index (χ4v) is 2.57. The number of rotatable bonds is 7. The van der Waals surface area contributed by atoms with Crippen LogP contribution in [0.15, 0.2) is 33.1 Å². The van der Waals surface area contributed by atoms with Crippen molar-refractivity contribution in [1.82, 2.24) is 10.2 Å². The summed E-state index contributed by atoms with van der Waals surface area (Å²) in [6.45, 7) is 1.10. The third-order valence-electron chi connectivity index (χ3n) is 2.93. The fraction of sp³-hybridized carbons (Fsp3) is 0.429. The molecule has 0 amide bonds.